The Morgan fingerprint density at radius 2 is 0.821 bits per heavy atom. The quantitative estimate of drug-likeness (QED) is 0.0205. The van der Waals surface area contributed by atoms with Gasteiger partial charge < -0.3 is 19.4 Å². The molecule has 1 amide bonds. The summed E-state index contributed by atoms with van der Waals surface area (Å²) in [5.74, 6) is -0.565. The van der Waals surface area contributed by atoms with Crippen LogP contribution >= 0.6 is 7.82 Å². The van der Waals surface area contributed by atoms with Crippen molar-refractivity contribution < 1.29 is 37.3 Å². The Morgan fingerprint density at radius 1 is 0.462 bits per heavy atom. The number of phosphoric ester groups is 1. The number of carbonyl (C=O) groups is 2. The minimum atomic E-state index is -4.47. The SMILES string of the molecule is CC/C=C\C/C=C\C/C=C\C/C=C\C/C=C\C/C=C\CCCCC(=O)NC(COP(=O)(O)OCC[N+](C)(C)C)C(/C=C/CCCCCCCCCCCC)OC(=O)CCCCCCCCCCC/C=C\C/C=C\CCCCC. The molecular formula is C68H120N2O7P+. The highest BCUT2D eigenvalue weighted by atomic mass is 31.2. The standard InChI is InChI=1S/C68H119N2O7P/c1-7-10-13-16-19-22-25-28-30-32-34-35-37-38-40-42-45-48-51-54-57-60-67(71)69-65(64-76-78(73,74)75-63-62-70(4,5)6)66(59-56-53-50-47-44-27-24-21-18-15-12-9-3)77-68(72)61-58-55-52-49-46-43-41-39-36-33-31-29-26-23-20-17-14-11-8-2/h10,13,19-20,22-23,28-31,34-35,38,40,45,48,56,59,65-66H,7-9,11-12,14-18,21,24-27,32-33,36-37,39,41-44,46-47,49-55,57-58,60-64H2,1-6H3,(H-,69,71,73,74)/p+1/b13-10-,22-19-,23-20-,30-28-,31-29-,35-34-,40-38-,48-45-,59-56+. The maximum Gasteiger partial charge on any atom is 0.472 e. The molecule has 448 valence electrons. The van der Waals surface area contributed by atoms with E-state index in [1.165, 1.54) is 109 Å². The van der Waals surface area contributed by atoms with Crippen molar-refractivity contribution in [1.29, 1.82) is 0 Å². The second-order valence-corrected chi connectivity index (χ2v) is 23.6. The van der Waals surface area contributed by atoms with Crippen molar-refractivity contribution >= 4 is 19.7 Å². The summed E-state index contributed by atoms with van der Waals surface area (Å²) in [4.78, 5) is 37.7. The van der Waals surface area contributed by atoms with Gasteiger partial charge in [0.15, 0.2) is 0 Å². The number of carbonyl (C=O) groups excluding carboxylic acids is 2. The van der Waals surface area contributed by atoms with Crippen LogP contribution in [0.2, 0.25) is 0 Å². The van der Waals surface area contributed by atoms with Gasteiger partial charge in [-0.1, -0.05) is 240 Å². The van der Waals surface area contributed by atoms with E-state index in [0.717, 1.165) is 109 Å². The number of likely N-dealkylation sites (N-methyl/N-ethyl adjacent to an activating group) is 1. The highest BCUT2D eigenvalue weighted by Gasteiger charge is 2.30. The van der Waals surface area contributed by atoms with Gasteiger partial charge in [0.1, 0.15) is 19.3 Å². The first-order valence-electron chi connectivity index (χ1n) is 31.7. The van der Waals surface area contributed by atoms with E-state index in [-0.39, 0.29) is 37.9 Å². The Hall–Kier alpha value is -3.33. The molecule has 3 unspecified atom stereocenters. The molecule has 3 atom stereocenters. The van der Waals surface area contributed by atoms with Crippen LogP contribution in [-0.4, -0.2) is 74.3 Å². The van der Waals surface area contributed by atoms with Gasteiger partial charge in [0.2, 0.25) is 5.91 Å². The molecule has 0 aromatic carbocycles. The third-order valence-corrected chi connectivity index (χ3v) is 14.4. The lowest BCUT2D eigenvalue weighted by Gasteiger charge is -2.27. The number of esters is 1. The number of allylic oxidation sites excluding steroid dienone is 17. The zero-order valence-corrected chi connectivity index (χ0v) is 52.0. The molecule has 0 spiro atoms. The molecule has 0 saturated heterocycles. The number of nitrogens with one attached hydrogen (secondary N) is 1. The van der Waals surface area contributed by atoms with Gasteiger partial charge in [0.05, 0.1) is 33.8 Å². The second kappa shape index (κ2) is 56.9. The molecule has 10 heteroatoms. The topological polar surface area (TPSA) is 111 Å². The minimum absolute atomic E-state index is 0.0256. The predicted octanol–water partition coefficient (Wildman–Crippen LogP) is 19.7. The number of ether oxygens (including phenoxy) is 1. The molecule has 0 radical (unpaired) electrons. The largest absolute Gasteiger partial charge is 0.472 e. The highest BCUT2D eigenvalue weighted by Crippen LogP contribution is 2.43. The molecule has 0 aliphatic heterocycles. The van der Waals surface area contributed by atoms with Gasteiger partial charge >= 0.3 is 13.8 Å². The summed E-state index contributed by atoms with van der Waals surface area (Å²) in [5, 5.41) is 3.03. The van der Waals surface area contributed by atoms with Gasteiger partial charge in [0, 0.05) is 12.8 Å². The zero-order valence-electron chi connectivity index (χ0n) is 51.1. The highest BCUT2D eigenvalue weighted by molar-refractivity contribution is 7.47. The number of hydrogen-bond acceptors (Lipinski definition) is 6. The Bertz CT molecular complexity index is 1700. The summed E-state index contributed by atoms with van der Waals surface area (Å²) in [7, 11) is 1.45. The van der Waals surface area contributed by atoms with Crippen molar-refractivity contribution in [3.63, 3.8) is 0 Å². The maximum atomic E-state index is 13.5. The summed E-state index contributed by atoms with van der Waals surface area (Å²) < 4.78 is 30.7. The summed E-state index contributed by atoms with van der Waals surface area (Å²) in [5.41, 5.74) is 0. The van der Waals surface area contributed by atoms with E-state index in [1.807, 2.05) is 33.3 Å². The van der Waals surface area contributed by atoms with Crippen LogP contribution in [0, 0.1) is 0 Å². The van der Waals surface area contributed by atoms with Crippen LogP contribution in [0.15, 0.2) is 109 Å². The molecule has 2 N–H and O–H groups in total. The summed E-state index contributed by atoms with van der Waals surface area (Å²) in [6, 6.07) is -0.880. The normalized spacial score (nSPS) is 14.4. The lowest BCUT2D eigenvalue weighted by Crippen LogP contribution is -2.47. The van der Waals surface area contributed by atoms with Crippen LogP contribution in [-0.2, 0) is 27.9 Å². The van der Waals surface area contributed by atoms with Crippen LogP contribution in [0.25, 0.3) is 0 Å². The molecule has 0 rings (SSSR count). The van der Waals surface area contributed by atoms with Crippen molar-refractivity contribution in [2.75, 3.05) is 40.9 Å². The lowest BCUT2D eigenvalue weighted by molar-refractivity contribution is -0.870. The van der Waals surface area contributed by atoms with E-state index in [4.69, 9.17) is 13.8 Å². The predicted molar refractivity (Wildman–Crippen MR) is 337 cm³/mol. The van der Waals surface area contributed by atoms with Crippen LogP contribution in [0.5, 0.6) is 0 Å². The Labute approximate surface area is 481 Å². The molecule has 9 nitrogen and oxygen atoms in total. The lowest BCUT2D eigenvalue weighted by atomic mass is 10.0. The monoisotopic (exact) mass is 1110 g/mol. The van der Waals surface area contributed by atoms with E-state index in [1.54, 1.807) is 0 Å². The van der Waals surface area contributed by atoms with Crippen LogP contribution < -0.4 is 5.32 Å². The average Bonchev–Trinajstić information content (AvgIpc) is 3.40. The number of rotatable bonds is 56. The molecule has 78 heavy (non-hydrogen) atoms. The van der Waals surface area contributed by atoms with E-state index in [9.17, 15) is 19.0 Å². The van der Waals surface area contributed by atoms with Crippen LogP contribution in [0.3, 0.4) is 0 Å². The molecule has 0 heterocycles. The van der Waals surface area contributed by atoms with E-state index >= 15 is 0 Å². The summed E-state index contributed by atoms with van der Waals surface area (Å²) >= 11 is 0. The van der Waals surface area contributed by atoms with Crippen molar-refractivity contribution in [1.82, 2.24) is 5.32 Å². The van der Waals surface area contributed by atoms with Gasteiger partial charge in [-0.15, -0.1) is 0 Å². The van der Waals surface area contributed by atoms with Gasteiger partial charge in [-0.25, -0.2) is 4.57 Å². The van der Waals surface area contributed by atoms with Gasteiger partial charge in [-0.05, 0) is 115 Å². The number of amides is 1. The number of hydrogen-bond donors (Lipinski definition) is 2. The number of unbranched alkanes of at least 4 members (excludes halogenated alkanes) is 24. The molecule has 0 aromatic rings. The minimum Gasteiger partial charge on any atom is -0.456 e. The second-order valence-electron chi connectivity index (χ2n) is 22.2. The Kier molecular flexibility index (Phi) is 54.5. The first kappa shape index (κ1) is 74.7. The van der Waals surface area contributed by atoms with Crippen molar-refractivity contribution in [3.05, 3.63) is 109 Å². The third kappa shape index (κ3) is 57.4. The molecule has 0 saturated carbocycles. The number of phosphoric acid groups is 1. The molecule has 0 fully saturated rings. The fourth-order valence-corrected chi connectivity index (χ4v) is 9.30. The summed E-state index contributed by atoms with van der Waals surface area (Å²) in [6.07, 6.45) is 78.0. The smallest absolute Gasteiger partial charge is 0.456 e. The fourth-order valence-electron chi connectivity index (χ4n) is 8.56. The molecule has 0 bridgehead atoms. The third-order valence-electron chi connectivity index (χ3n) is 13.4. The maximum absolute atomic E-state index is 13.5. The van der Waals surface area contributed by atoms with Gasteiger partial charge in [-0.2, -0.15) is 0 Å². The van der Waals surface area contributed by atoms with Crippen molar-refractivity contribution in [3.8, 4) is 0 Å². The summed E-state index contributed by atoms with van der Waals surface area (Å²) in [6.45, 7) is 6.83. The van der Waals surface area contributed by atoms with E-state index < -0.39 is 20.0 Å². The zero-order chi connectivity index (χ0) is 57.2. The first-order chi connectivity index (χ1) is 37.9. The van der Waals surface area contributed by atoms with Crippen LogP contribution in [0.1, 0.15) is 258 Å². The van der Waals surface area contributed by atoms with E-state index in [0.29, 0.717) is 17.4 Å². The molecule has 0 aliphatic rings. The molecule has 0 aliphatic carbocycles. The number of quaternary nitrogens is 1. The van der Waals surface area contributed by atoms with Gasteiger partial charge in [0.25, 0.3) is 0 Å². The average molecular weight is 1110 g/mol. The molecule has 0 aromatic heterocycles. The Morgan fingerprint density at radius 3 is 1.27 bits per heavy atom. The van der Waals surface area contributed by atoms with E-state index in [2.05, 4.69) is 123 Å². The molecular weight excluding hydrogens is 988 g/mol. The van der Waals surface area contributed by atoms with Crippen molar-refractivity contribution in [2.45, 2.75) is 270 Å². The fraction of sp³-hybridized carbons (Fsp3) is 0.706. The number of nitrogens with zero attached hydrogens (tertiary/aromatic N) is 1. The first-order valence-corrected chi connectivity index (χ1v) is 33.2. The van der Waals surface area contributed by atoms with Crippen LogP contribution in [0.4, 0.5) is 0 Å². The van der Waals surface area contributed by atoms with Crippen molar-refractivity contribution in [2.24, 2.45) is 0 Å². The van der Waals surface area contributed by atoms with Gasteiger partial charge in [-0.3, -0.25) is 18.6 Å². The Balaban J connectivity index is 5.33.